The molecule has 1 saturated heterocycles. The number of carbonyl (C=O) groups excluding carboxylic acids is 1. The maximum Gasteiger partial charge on any atom is 0.361 e. The molecule has 0 spiro atoms. The Labute approximate surface area is 138 Å². The van der Waals surface area contributed by atoms with E-state index in [4.69, 9.17) is 4.74 Å². The Bertz CT molecular complexity index is 463. The quantitative estimate of drug-likeness (QED) is 0.406. The Kier molecular flexibility index (Phi) is 7.12. The van der Waals surface area contributed by atoms with Crippen LogP contribution >= 0.6 is 0 Å². The zero-order chi connectivity index (χ0) is 14.4. The molecule has 21 heavy (non-hydrogen) atoms. The summed E-state index contributed by atoms with van der Waals surface area (Å²) in [4.78, 5) is 12.0. The van der Waals surface area contributed by atoms with Crippen LogP contribution in [0.5, 0.6) is 0 Å². The average molecular weight is 354 g/mol. The number of benzene rings is 1. The van der Waals surface area contributed by atoms with E-state index in [2.05, 4.69) is 30.8 Å². The third-order valence-corrected chi connectivity index (χ3v) is 4.17. The van der Waals surface area contributed by atoms with Crippen LogP contribution in [0.1, 0.15) is 25.3 Å². The van der Waals surface area contributed by atoms with Crippen molar-refractivity contribution in [3.63, 3.8) is 0 Å². The van der Waals surface area contributed by atoms with Gasteiger partial charge in [0.2, 0.25) is 0 Å². The van der Waals surface area contributed by atoms with Crippen molar-refractivity contribution in [2.45, 2.75) is 32.4 Å². The van der Waals surface area contributed by atoms with Crippen LogP contribution in [0, 0.1) is 0 Å². The van der Waals surface area contributed by atoms with Crippen molar-refractivity contribution < 1.29 is 31.0 Å². The summed E-state index contributed by atoms with van der Waals surface area (Å²) in [5.41, 5.74) is 1.27. The van der Waals surface area contributed by atoms with Gasteiger partial charge in [-0.2, -0.15) is 0 Å². The van der Waals surface area contributed by atoms with Gasteiger partial charge < -0.3 is 26.2 Å². The highest BCUT2D eigenvalue weighted by Crippen LogP contribution is 2.30. The number of hydrogen-bond donors (Lipinski definition) is 0. The minimum absolute atomic E-state index is 0. The molecule has 1 aliphatic heterocycles. The largest absolute Gasteiger partial charge is 1.00 e. The van der Waals surface area contributed by atoms with Gasteiger partial charge in [0.05, 0.1) is 13.2 Å². The van der Waals surface area contributed by atoms with Crippen LogP contribution in [0.25, 0.3) is 0 Å². The molecule has 4 heteroatoms. The van der Waals surface area contributed by atoms with Crippen molar-refractivity contribution in [1.29, 1.82) is 0 Å². The van der Waals surface area contributed by atoms with Crippen LogP contribution in [-0.2, 0) is 16.1 Å². The number of quaternary nitrogens is 1. The van der Waals surface area contributed by atoms with Crippen molar-refractivity contribution in [3.8, 4) is 0 Å². The predicted octanol–water partition coefficient (Wildman–Crippen LogP) is -0.0811. The second-order valence-corrected chi connectivity index (χ2v) is 5.49. The summed E-state index contributed by atoms with van der Waals surface area (Å²) in [5, 5.41) is 0. The van der Waals surface area contributed by atoms with E-state index in [0.717, 1.165) is 30.4 Å². The molecule has 0 bridgehead atoms. The molecule has 0 N–H and O–H groups in total. The molecule has 1 aromatic rings. The highest BCUT2D eigenvalue weighted by Gasteiger charge is 2.42. The second kappa shape index (κ2) is 8.35. The summed E-state index contributed by atoms with van der Waals surface area (Å²) in [5.74, 6) is -0.0998. The van der Waals surface area contributed by atoms with Crippen LogP contribution in [0.4, 0.5) is 0 Å². The summed E-state index contributed by atoms with van der Waals surface area (Å²) in [6, 6.07) is 10.7. The van der Waals surface area contributed by atoms with Gasteiger partial charge in [-0.05, 0) is 13.0 Å². The average Bonchev–Trinajstić information content (AvgIpc) is 2.82. The fourth-order valence-electron chi connectivity index (χ4n) is 3.26. The lowest BCUT2D eigenvalue weighted by atomic mass is 10.1. The first kappa shape index (κ1) is 17.9. The molecule has 2 unspecified atom stereocenters. The number of halogens is 1. The SMILES string of the molecule is C=CC1CCC[N+]1(CC(=O)OCC)Cc1ccccc1.[Br-]. The summed E-state index contributed by atoms with van der Waals surface area (Å²) in [7, 11) is 0. The molecule has 0 radical (unpaired) electrons. The maximum atomic E-state index is 12.0. The zero-order valence-electron chi connectivity index (χ0n) is 12.6. The summed E-state index contributed by atoms with van der Waals surface area (Å²) in [6.45, 7) is 8.60. The summed E-state index contributed by atoms with van der Waals surface area (Å²) < 4.78 is 5.93. The lowest BCUT2D eigenvalue weighted by Gasteiger charge is -2.38. The van der Waals surface area contributed by atoms with E-state index in [1.165, 1.54) is 5.56 Å². The molecule has 1 fully saturated rings. The van der Waals surface area contributed by atoms with E-state index in [-0.39, 0.29) is 23.0 Å². The molecule has 0 amide bonds. The highest BCUT2D eigenvalue weighted by molar-refractivity contribution is 5.70. The van der Waals surface area contributed by atoms with Gasteiger partial charge in [0, 0.05) is 18.4 Å². The standard InChI is InChI=1S/C17H24NO2.BrH/c1-3-16-11-8-12-18(16,14-17(19)20-4-2)13-15-9-6-5-7-10-15;/h3,5-7,9-10,16H,1,4,8,11-14H2,2H3;1H/q+1;/p-1. The van der Waals surface area contributed by atoms with Gasteiger partial charge in [0.1, 0.15) is 12.6 Å². The molecule has 2 rings (SSSR count). The first-order chi connectivity index (χ1) is 9.70. The Balaban J connectivity index is 0.00000220. The molecular weight excluding hydrogens is 330 g/mol. The third-order valence-electron chi connectivity index (χ3n) is 4.17. The Hall–Kier alpha value is -1.13. The normalized spacial score (nSPS) is 24.1. The summed E-state index contributed by atoms with van der Waals surface area (Å²) in [6.07, 6.45) is 4.26. The number of carbonyl (C=O) groups is 1. The van der Waals surface area contributed by atoms with Gasteiger partial charge in [-0.25, -0.2) is 4.79 Å². The van der Waals surface area contributed by atoms with Gasteiger partial charge in [-0.3, -0.25) is 0 Å². The second-order valence-electron chi connectivity index (χ2n) is 5.49. The number of ether oxygens (including phenoxy) is 1. The Morgan fingerprint density at radius 3 is 2.76 bits per heavy atom. The maximum absolute atomic E-state index is 12.0. The van der Waals surface area contributed by atoms with Crippen molar-refractivity contribution in [2.75, 3.05) is 19.7 Å². The van der Waals surface area contributed by atoms with E-state index in [1.54, 1.807) is 0 Å². The minimum Gasteiger partial charge on any atom is -1.00 e. The van der Waals surface area contributed by atoms with Crippen LogP contribution in [-0.4, -0.2) is 36.2 Å². The minimum atomic E-state index is -0.0998. The Morgan fingerprint density at radius 2 is 2.14 bits per heavy atom. The first-order valence-corrected chi connectivity index (χ1v) is 7.38. The van der Waals surface area contributed by atoms with Crippen molar-refractivity contribution in [3.05, 3.63) is 48.6 Å². The molecule has 0 aliphatic carbocycles. The first-order valence-electron chi connectivity index (χ1n) is 7.38. The van der Waals surface area contributed by atoms with Gasteiger partial charge in [0.25, 0.3) is 0 Å². The molecule has 2 atom stereocenters. The smallest absolute Gasteiger partial charge is 0.361 e. The van der Waals surface area contributed by atoms with Gasteiger partial charge >= 0.3 is 5.97 Å². The van der Waals surface area contributed by atoms with Crippen LogP contribution in [0.2, 0.25) is 0 Å². The van der Waals surface area contributed by atoms with Gasteiger partial charge in [-0.1, -0.05) is 36.9 Å². The molecule has 1 aliphatic rings. The number of nitrogens with zero attached hydrogens (tertiary/aromatic N) is 1. The number of likely N-dealkylation sites (tertiary alicyclic amines) is 1. The van der Waals surface area contributed by atoms with Gasteiger partial charge in [-0.15, -0.1) is 0 Å². The van der Waals surface area contributed by atoms with Crippen LogP contribution < -0.4 is 17.0 Å². The molecule has 0 aromatic heterocycles. The molecular formula is C17H24BrNO2. The summed E-state index contributed by atoms with van der Waals surface area (Å²) >= 11 is 0. The lowest BCUT2D eigenvalue weighted by molar-refractivity contribution is -0.939. The number of esters is 1. The van der Waals surface area contributed by atoms with E-state index in [9.17, 15) is 4.79 Å². The highest BCUT2D eigenvalue weighted by atomic mass is 79.9. The predicted molar refractivity (Wildman–Crippen MR) is 80.0 cm³/mol. The van der Waals surface area contributed by atoms with E-state index >= 15 is 0 Å². The molecule has 116 valence electrons. The number of rotatable bonds is 6. The zero-order valence-corrected chi connectivity index (χ0v) is 14.2. The van der Waals surface area contributed by atoms with Crippen molar-refractivity contribution in [1.82, 2.24) is 0 Å². The van der Waals surface area contributed by atoms with Crippen molar-refractivity contribution in [2.24, 2.45) is 0 Å². The van der Waals surface area contributed by atoms with E-state index < -0.39 is 0 Å². The number of hydrogen-bond acceptors (Lipinski definition) is 2. The monoisotopic (exact) mass is 353 g/mol. The molecule has 1 heterocycles. The molecule has 1 aromatic carbocycles. The molecule has 0 saturated carbocycles. The van der Waals surface area contributed by atoms with E-state index in [1.807, 2.05) is 19.1 Å². The molecule has 3 nitrogen and oxygen atoms in total. The van der Waals surface area contributed by atoms with Gasteiger partial charge in [0.15, 0.2) is 6.54 Å². The third kappa shape index (κ3) is 4.42. The van der Waals surface area contributed by atoms with E-state index in [0.29, 0.717) is 19.2 Å². The lowest BCUT2D eigenvalue weighted by Crippen LogP contribution is -3.00. The van der Waals surface area contributed by atoms with Crippen molar-refractivity contribution >= 4 is 5.97 Å². The topological polar surface area (TPSA) is 26.3 Å². The fourth-order valence-corrected chi connectivity index (χ4v) is 3.26. The Morgan fingerprint density at radius 1 is 1.43 bits per heavy atom. The van der Waals surface area contributed by atoms with Crippen LogP contribution in [0.3, 0.4) is 0 Å². The van der Waals surface area contributed by atoms with Crippen LogP contribution in [0.15, 0.2) is 43.0 Å². The fraction of sp³-hybridized carbons (Fsp3) is 0.471.